The van der Waals surface area contributed by atoms with Crippen molar-refractivity contribution in [1.29, 1.82) is 0 Å². The van der Waals surface area contributed by atoms with Crippen LogP contribution in [-0.4, -0.2) is 29.3 Å². The predicted octanol–water partition coefficient (Wildman–Crippen LogP) is 1.60. The fraction of sp³-hybridized carbons (Fsp3) is 0.273. The van der Waals surface area contributed by atoms with Crippen LogP contribution in [-0.2, 0) is 0 Å². The molecule has 0 fully saturated rings. The van der Waals surface area contributed by atoms with E-state index >= 15 is 0 Å². The molecule has 0 N–H and O–H groups in total. The Balaban J connectivity index is 2.61. The van der Waals surface area contributed by atoms with E-state index in [1.807, 2.05) is 37.3 Å². The molecule has 2 heterocycles. The van der Waals surface area contributed by atoms with Gasteiger partial charge in [0.15, 0.2) is 5.78 Å². The summed E-state index contributed by atoms with van der Waals surface area (Å²) in [7, 11) is 3.95. The first-order chi connectivity index (χ1) is 7.09. The van der Waals surface area contributed by atoms with Gasteiger partial charge in [-0.15, -0.1) is 0 Å². The molecule has 0 radical (unpaired) electrons. The predicted molar refractivity (Wildman–Crippen MR) is 59.5 cm³/mol. The second-order valence-corrected chi connectivity index (χ2v) is 3.71. The van der Waals surface area contributed by atoms with Crippen LogP contribution in [0.3, 0.4) is 0 Å². The number of pyridine rings is 1. The highest BCUT2D eigenvalue weighted by Crippen LogP contribution is 2.15. The number of hydrogen-bond donors (Lipinski definition) is 0. The molecule has 2 aromatic rings. The standard InChI is InChI=1S/C11H13N3O/c1-8(15)10-7-12-11-6-9(13(2)3)4-5-14(10)11/h4-7H,1-3H3. The summed E-state index contributed by atoms with van der Waals surface area (Å²) in [6.07, 6.45) is 3.48. The van der Waals surface area contributed by atoms with Crippen LogP contribution in [0.25, 0.3) is 5.65 Å². The highest BCUT2D eigenvalue weighted by atomic mass is 16.1. The third kappa shape index (κ3) is 1.58. The number of carbonyl (C=O) groups excluding carboxylic acids is 1. The fourth-order valence-electron chi connectivity index (χ4n) is 1.51. The molecular formula is C11H13N3O. The van der Waals surface area contributed by atoms with E-state index in [9.17, 15) is 4.79 Å². The Morgan fingerprint density at radius 1 is 1.47 bits per heavy atom. The Hall–Kier alpha value is -1.84. The van der Waals surface area contributed by atoms with Gasteiger partial charge in [0, 0.05) is 39.0 Å². The van der Waals surface area contributed by atoms with Gasteiger partial charge < -0.3 is 4.90 Å². The van der Waals surface area contributed by atoms with Gasteiger partial charge in [0.05, 0.1) is 6.20 Å². The minimum atomic E-state index is 0.0279. The van der Waals surface area contributed by atoms with Crippen molar-refractivity contribution in [2.75, 3.05) is 19.0 Å². The zero-order valence-corrected chi connectivity index (χ0v) is 9.06. The highest BCUT2D eigenvalue weighted by Gasteiger charge is 2.07. The molecule has 2 rings (SSSR count). The van der Waals surface area contributed by atoms with Crippen molar-refractivity contribution in [3.05, 3.63) is 30.2 Å². The smallest absolute Gasteiger partial charge is 0.178 e. The Morgan fingerprint density at radius 2 is 2.20 bits per heavy atom. The molecular weight excluding hydrogens is 190 g/mol. The van der Waals surface area contributed by atoms with E-state index in [0.29, 0.717) is 5.69 Å². The number of anilines is 1. The summed E-state index contributed by atoms with van der Waals surface area (Å²) in [5.74, 6) is 0.0279. The van der Waals surface area contributed by atoms with Gasteiger partial charge >= 0.3 is 0 Å². The van der Waals surface area contributed by atoms with Gasteiger partial charge in [-0.05, 0) is 6.07 Å². The first-order valence-corrected chi connectivity index (χ1v) is 4.75. The number of carbonyl (C=O) groups is 1. The molecule has 0 aliphatic heterocycles. The van der Waals surface area contributed by atoms with Crippen LogP contribution < -0.4 is 4.90 Å². The lowest BCUT2D eigenvalue weighted by Crippen LogP contribution is -2.09. The van der Waals surface area contributed by atoms with Gasteiger partial charge in [0.1, 0.15) is 11.3 Å². The largest absolute Gasteiger partial charge is 0.378 e. The van der Waals surface area contributed by atoms with Gasteiger partial charge in [-0.3, -0.25) is 9.20 Å². The van der Waals surface area contributed by atoms with Crippen LogP contribution in [0, 0.1) is 0 Å². The van der Waals surface area contributed by atoms with E-state index in [2.05, 4.69) is 4.98 Å². The molecule has 0 aromatic carbocycles. The molecule has 0 saturated carbocycles. The monoisotopic (exact) mass is 203 g/mol. The Morgan fingerprint density at radius 3 is 2.80 bits per heavy atom. The van der Waals surface area contributed by atoms with Crippen molar-refractivity contribution < 1.29 is 4.79 Å². The number of fused-ring (bicyclic) bond motifs is 1. The quantitative estimate of drug-likeness (QED) is 0.696. The van der Waals surface area contributed by atoms with Crippen LogP contribution in [0.15, 0.2) is 24.5 Å². The number of aromatic nitrogens is 2. The summed E-state index contributed by atoms with van der Waals surface area (Å²) in [6.45, 7) is 1.54. The lowest BCUT2D eigenvalue weighted by Gasteiger charge is -2.12. The minimum Gasteiger partial charge on any atom is -0.378 e. The van der Waals surface area contributed by atoms with Gasteiger partial charge in [-0.2, -0.15) is 0 Å². The van der Waals surface area contributed by atoms with E-state index in [1.165, 1.54) is 0 Å². The minimum absolute atomic E-state index is 0.0279. The number of nitrogens with zero attached hydrogens (tertiary/aromatic N) is 3. The molecule has 0 saturated heterocycles. The maximum absolute atomic E-state index is 11.3. The number of hydrogen-bond acceptors (Lipinski definition) is 3. The molecule has 0 aliphatic carbocycles. The summed E-state index contributed by atoms with van der Waals surface area (Å²) in [5, 5.41) is 0. The van der Waals surface area contributed by atoms with Crippen molar-refractivity contribution in [2.45, 2.75) is 6.92 Å². The zero-order chi connectivity index (χ0) is 11.0. The van der Waals surface area contributed by atoms with Crippen molar-refractivity contribution in [1.82, 2.24) is 9.38 Å². The maximum Gasteiger partial charge on any atom is 0.178 e. The number of rotatable bonds is 2. The normalized spacial score (nSPS) is 10.6. The number of Topliss-reactive ketones (excluding diaryl/α,β-unsaturated/α-hetero) is 1. The molecule has 0 bridgehead atoms. The Kier molecular flexibility index (Phi) is 2.19. The number of ketones is 1. The SMILES string of the molecule is CC(=O)c1cnc2cc(N(C)C)ccn12. The van der Waals surface area contributed by atoms with Crippen molar-refractivity contribution in [3.63, 3.8) is 0 Å². The summed E-state index contributed by atoms with van der Waals surface area (Å²) in [4.78, 5) is 17.5. The van der Waals surface area contributed by atoms with Gasteiger partial charge in [0.25, 0.3) is 0 Å². The van der Waals surface area contributed by atoms with E-state index in [4.69, 9.17) is 0 Å². The first kappa shape index (κ1) is 9.71. The maximum atomic E-state index is 11.3. The molecule has 0 amide bonds. The molecule has 0 unspecified atom stereocenters. The molecule has 2 aromatic heterocycles. The van der Waals surface area contributed by atoms with E-state index in [-0.39, 0.29) is 5.78 Å². The molecule has 4 heteroatoms. The van der Waals surface area contributed by atoms with Crippen LogP contribution in [0.5, 0.6) is 0 Å². The molecule has 15 heavy (non-hydrogen) atoms. The third-order valence-electron chi connectivity index (χ3n) is 2.37. The Bertz CT molecular complexity index is 514. The highest BCUT2D eigenvalue weighted by molar-refractivity contribution is 5.93. The average Bonchev–Trinajstić information content (AvgIpc) is 2.59. The third-order valence-corrected chi connectivity index (χ3v) is 2.37. The molecule has 0 atom stereocenters. The Labute approximate surface area is 88.2 Å². The molecule has 0 spiro atoms. The second-order valence-electron chi connectivity index (χ2n) is 3.71. The van der Waals surface area contributed by atoms with Crippen LogP contribution in [0.1, 0.15) is 17.4 Å². The molecule has 78 valence electrons. The molecule has 4 nitrogen and oxygen atoms in total. The average molecular weight is 203 g/mol. The van der Waals surface area contributed by atoms with Crippen molar-refractivity contribution >= 4 is 17.1 Å². The topological polar surface area (TPSA) is 37.6 Å². The van der Waals surface area contributed by atoms with E-state index in [0.717, 1.165) is 11.3 Å². The summed E-state index contributed by atoms with van der Waals surface area (Å²) in [6, 6.07) is 3.91. The second kappa shape index (κ2) is 3.38. The van der Waals surface area contributed by atoms with Crippen LogP contribution in [0.4, 0.5) is 5.69 Å². The van der Waals surface area contributed by atoms with Gasteiger partial charge in [-0.1, -0.05) is 0 Å². The lowest BCUT2D eigenvalue weighted by molar-refractivity contribution is 0.101. The number of imidazole rings is 1. The summed E-state index contributed by atoms with van der Waals surface area (Å²) in [5.41, 5.74) is 2.49. The van der Waals surface area contributed by atoms with E-state index in [1.54, 1.807) is 17.5 Å². The van der Waals surface area contributed by atoms with Gasteiger partial charge in [0.2, 0.25) is 0 Å². The lowest BCUT2D eigenvalue weighted by atomic mass is 10.3. The van der Waals surface area contributed by atoms with Crippen molar-refractivity contribution in [2.24, 2.45) is 0 Å². The van der Waals surface area contributed by atoms with Crippen molar-refractivity contribution in [3.8, 4) is 0 Å². The first-order valence-electron chi connectivity index (χ1n) is 4.75. The van der Waals surface area contributed by atoms with Gasteiger partial charge in [-0.25, -0.2) is 4.98 Å². The van der Waals surface area contributed by atoms with Crippen LogP contribution in [0.2, 0.25) is 0 Å². The zero-order valence-electron chi connectivity index (χ0n) is 9.06. The molecule has 0 aliphatic rings. The van der Waals surface area contributed by atoms with E-state index < -0.39 is 0 Å². The van der Waals surface area contributed by atoms with Crippen LogP contribution >= 0.6 is 0 Å². The summed E-state index contributed by atoms with van der Waals surface area (Å²) < 4.78 is 1.80. The fourth-order valence-corrected chi connectivity index (χ4v) is 1.51. The summed E-state index contributed by atoms with van der Waals surface area (Å²) >= 11 is 0.